The molecule has 2 N–H and O–H groups in total. The Morgan fingerprint density at radius 2 is 1.59 bits per heavy atom. The highest BCUT2D eigenvalue weighted by molar-refractivity contribution is 7.80. The molecule has 5 rings (SSSR count). The van der Waals surface area contributed by atoms with Crippen LogP contribution in [0.3, 0.4) is 0 Å². The summed E-state index contributed by atoms with van der Waals surface area (Å²) in [5.41, 5.74) is 1.37. The average Bonchev–Trinajstić information content (AvgIpc) is 2.51. The number of hydrogen-bond acceptors (Lipinski definition) is 1. The summed E-state index contributed by atoms with van der Waals surface area (Å²) in [6, 6.07) is 11.3. The Hall–Kier alpha value is -1.09. The van der Waals surface area contributed by atoms with Gasteiger partial charge in [-0.1, -0.05) is 30.3 Å². The first-order chi connectivity index (χ1) is 10.8. The molecule has 2 nitrogen and oxygen atoms in total. The van der Waals surface area contributed by atoms with Crippen molar-refractivity contribution in [3.63, 3.8) is 0 Å². The van der Waals surface area contributed by atoms with Crippen LogP contribution in [0.2, 0.25) is 0 Å². The molecule has 4 aliphatic rings. The van der Waals surface area contributed by atoms with Crippen molar-refractivity contribution in [2.45, 2.75) is 44.6 Å². The summed E-state index contributed by atoms with van der Waals surface area (Å²) < 4.78 is 0. The van der Waals surface area contributed by atoms with E-state index in [1.165, 1.54) is 37.7 Å². The standard InChI is InChI=1S/C19H26N2S/c22-19(20-7-6-13-4-2-1-3-5-13)21-18-16-9-14-8-15(11-16)12-17(18)10-14/h1-5,14-18H,6-12H2,(H2,20,21,22). The lowest BCUT2D eigenvalue weighted by atomic mass is 9.54. The van der Waals surface area contributed by atoms with Gasteiger partial charge in [-0.05, 0) is 80.0 Å². The highest BCUT2D eigenvalue weighted by Crippen LogP contribution is 2.53. The van der Waals surface area contributed by atoms with Crippen LogP contribution in [0, 0.1) is 23.7 Å². The molecule has 0 saturated heterocycles. The molecule has 118 valence electrons. The zero-order valence-electron chi connectivity index (χ0n) is 13.1. The predicted octanol–water partition coefficient (Wildman–Crippen LogP) is 3.52. The zero-order valence-corrected chi connectivity index (χ0v) is 13.9. The molecule has 0 amide bonds. The normalized spacial score (nSPS) is 35.4. The van der Waals surface area contributed by atoms with Crippen molar-refractivity contribution in [1.82, 2.24) is 10.6 Å². The fourth-order valence-electron chi connectivity index (χ4n) is 5.33. The third kappa shape index (κ3) is 3.01. The number of hydrogen-bond donors (Lipinski definition) is 2. The second kappa shape index (κ2) is 6.19. The van der Waals surface area contributed by atoms with Crippen molar-refractivity contribution >= 4 is 17.3 Å². The predicted molar refractivity (Wildman–Crippen MR) is 94.7 cm³/mol. The van der Waals surface area contributed by atoms with Crippen LogP contribution in [0.1, 0.15) is 37.7 Å². The largest absolute Gasteiger partial charge is 0.362 e. The Kier molecular flexibility index (Phi) is 4.08. The molecular formula is C19H26N2S. The van der Waals surface area contributed by atoms with E-state index in [1.807, 2.05) is 0 Å². The van der Waals surface area contributed by atoms with Crippen molar-refractivity contribution in [3.8, 4) is 0 Å². The first-order valence-electron chi connectivity index (χ1n) is 8.86. The Morgan fingerprint density at radius 3 is 2.23 bits per heavy atom. The molecule has 4 aliphatic carbocycles. The second-order valence-corrected chi connectivity index (χ2v) is 8.00. The molecule has 22 heavy (non-hydrogen) atoms. The lowest BCUT2D eigenvalue weighted by molar-refractivity contribution is -0.00693. The van der Waals surface area contributed by atoms with E-state index in [9.17, 15) is 0 Å². The van der Waals surface area contributed by atoms with Crippen LogP contribution in [0.25, 0.3) is 0 Å². The van der Waals surface area contributed by atoms with E-state index < -0.39 is 0 Å². The second-order valence-electron chi connectivity index (χ2n) is 7.59. The van der Waals surface area contributed by atoms with Crippen LogP contribution >= 0.6 is 12.2 Å². The minimum Gasteiger partial charge on any atom is -0.362 e. The van der Waals surface area contributed by atoms with Gasteiger partial charge in [0.15, 0.2) is 5.11 Å². The van der Waals surface area contributed by atoms with Gasteiger partial charge in [0.1, 0.15) is 0 Å². The Bertz CT molecular complexity index is 499. The monoisotopic (exact) mass is 314 g/mol. The molecule has 4 fully saturated rings. The molecule has 0 spiro atoms. The van der Waals surface area contributed by atoms with E-state index in [0.29, 0.717) is 6.04 Å². The van der Waals surface area contributed by atoms with E-state index in [0.717, 1.165) is 41.7 Å². The van der Waals surface area contributed by atoms with Gasteiger partial charge < -0.3 is 10.6 Å². The Balaban J connectivity index is 1.26. The average molecular weight is 314 g/mol. The number of rotatable bonds is 4. The number of thiocarbonyl (C=S) groups is 1. The van der Waals surface area contributed by atoms with Crippen molar-refractivity contribution in [2.24, 2.45) is 23.7 Å². The molecule has 3 heteroatoms. The summed E-state index contributed by atoms with van der Waals surface area (Å²) >= 11 is 5.55. The molecule has 0 atom stereocenters. The molecule has 4 bridgehead atoms. The Labute approximate surface area is 139 Å². The molecule has 0 heterocycles. The van der Waals surface area contributed by atoms with Gasteiger partial charge in [0.2, 0.25) is 0 Å². The van der Waals surface area contributed by atoms with Gasteiger partial charge in [-0.2, -0.15) is 0 Å². The Morgan fingerprint density at radius 1 is 0.955 bits per heavy atom. The first kappa shape index (κ1) is 14.5. The van der Waals surface area contributed by atoms with Gasteiger partial charge in [0, 0.05) is 12.6 Å². The molecule has 1 aromatic rings. The summed E-state index contributed by atoms with van der Waals surface area (Å²) in [4.78, 5) is 0. The molecule has 0 radical (unpaired) electrons. The summed E-state index contributed by atoms with van der Waals surface area (Å²) in [6.45, 7) is 0.920. The maximum absolute atomic E-state index is 5.55. The van der Waals surface area contributed by atoms with E-state index >= 15 is 0 Å². The fraction of sp³-hybridized carbons (Fsp3) is 0.632. The van der Waals surface area contributed by atoms with E-state index in [-0.39, 0.29) is 0 Å². The van der Waals surface area contributed by atoms with E-state index in [4.69, 9.17) is 12.2 Å². The van der Waals surface area contributed by atoms with Crippen LogP contribution in [0.4, 0.5) is 0 Å². The van der Waals surface area contributed by atoms with E-state index in [1.54, 1.807) is 0 Å². The van der Waals surface area contributed by atoms with Crippen LogP contribution in [0.15, 0.2) is 30.3 Å². The minimum absolute atomic E-state index is 0.643. The molecule has 4 saturated carbocycles. The van der Waals surface area contributed by atoms with Gasteiger partial charge in [-0.25, -0.2) is 0 Å². The minimum atomic E-state index is 0.643. The van der Waals surface area contributed by atoms with Crippen LogP contribution in [-0.4, -0.2) is 17.7 Å². The summed E-state index contributed by atoms with van der Waals surface area (Å²) in [5, 5.41) is 7.95. The third-order valence-corrected chi connectivity index (χ3v) is 6.33. The van der Waals surface area contributed by atoms with Gasteiger partial charge in [-0.15, -0.1) is 0 Å². The first-order valence-corrected chi connectivity index (χ1v) is 9.27. The van der Waals surface area contributed by atoms with Crippen molar-refractivity contribution in [1.29, 1.82) is 0 Å². The summed E-state index contributed by atoms with van der Waals surface area (Å²) in [7, 11) is 0. The highest BCUT2D eigenvalue weighted by atomic mass is 32.1. The summed E-state index contributed by atoms with van der Waals surface area (Å²) in [5.74, 6) is 3.82. The lowest BCUT2D eigenvalue weighted by Gasteiger charge is -2.54. The van der Waals surface area contributed by atoms with Gasteiger partial charge in [-0.3, -0.25) is 0 Å². The van der Waals surface area contributed by atoms with Gasteiger partial charge in [0.25, 0.3) is 0 Å². The highest BCUT2D eigenvalue weighted by Gasteiger charge is 2.48. The molecule has 1 aromatic carbocycles. The quantitative estimate of drug-likeness (QED) is 0.832. The lowest BCUT2D eigenvalue weighted by Crippen LogP contribution is -2.57. The van der Waals surface area contributed by atoms with Crippen molar-refractivity contribution in [3.05, 3.63) is 35.9 Å². The summed E-state index contributed by atoms with van der Waals surface area (Å²) in [6.07, 6.45) is 8.31. The molecule has 0 unspecified atom stereocenters. The van der Waals surface area contributed by atoms with Crippen LogP contribution in [0.5, 0.6) is 0 Å². The maximum Gasteiger partial charge on any atom is 0.166 e. The zero-order chi connectivity index (χ0) is 14.9. The van der Waals surface area contributed by atoms with E-state index in [2.05, 4.69) is 41.0 Å². The smallest absolute Gasteiger partial charge is 0.166 e. The topological polar surface area (TPSA) is 24.1 Å². The van der Waals surface area contributed by atoms with Crippen LogP contribution < -0.4 is 10.6 Å². The number of benzene rings is 1. The van der Waals surface area contributed by atoms with Gasteiger partial charge >= 0.3 is 0 Å². The van der Waals surface area contributed by atoms with Crippen molar-refractivity contribution < 1.29 is 0 Å². The third-order valence-electron chi connectivity index (χ3n) is 6.07. The number of nitrogens with one attached hydrogen (secondary N) is 2. The molecule has 0 aliphatic heterocycles. The van der Waals surface area contributed by atoms with Crippen molar-refractivity contribution in [2.75, 3.05) is 6.54 Å². The maximum atomic E-state index is 5.55. The van der Waals surface area contributed by atoms with Crippen LogP contribution in [-0.2, 0) is 6.42 Å². The molecular weight excluding hydrogens is 288 g/mol. The SMILES string of the molecule is S=C(NCCc1ccccc1)NC1C2CC3CC(C2)CC1C3. The molecule has 0 aromatic heterocycles. The van der Waals surface area contributed by atoms with Gasteiger partial charge in [0.05, 0.1) is 0 Å². The fourth-order valence-corrected chi connectivity index (χ4v) is 5.57.